The Morgan fingerprint density at radius 1 is 1.04 bits per heavy atom. The standard InChI is InChI=1S/C20H19ClN2O2/c21-15-7-5-14(6-8-15)19-16-3-1-2-4-18(16)22-20(24)17(19)13-23-9-11-25-12-10-23/h1-8H,9-13H2,(H,22,24). The lowest BCUT2D eigenvalue weighted by Crippen LogP contribution is -2.37. The predicted molar refractivity (Wildman–Crippen MR) is 101 cm³/mol. The zero-order valence-electron chi connectivity index (χ0n) is 13.8. The summed E-state index contributed by atoms with van der Waals surface area (Å²) in [6, 6.07) is 15.6. The molecule has 1 aliphatic heterocycles. The zero-order chi connectivity index (χ0) is 17.2. The van der Waals surface area contributed by atoms with Gasteiger partial charge in [0.2, 0.25) is 0 Å². The fourth-order valence-corrected chi connectivity index (χ4v) is 3.49. The van der Waals surface area contributed by atoms with Crippen LogP contribution in [-0.2, 0) is 11.3 Å². The van der Waals surface area contributed by atoms with Crippen molar-refractivity contribution in [2.24, 2.45) is 0 Å². The molecule has 4 nitrogen and oxygen atoms in total. The minimum atomic E-state index is -0.0323. The van der Waals surface area contributed by atoms with Gasteiger partial charge in [-0.05, 0) is 23.8 Å². The molecule has 1 saturated heterocycles. The van der Waals surface area contributed by atoms with E-state index in [4.69, 9.17) is 16.3 Å². The first-order valence-electron chi connectivity index (χ1n) is 8.42. The number of rotatable bonds is 3. The molecule has 128 valence electrons. The second-order valence-corrected chi connectivity index (χ2v) is 6.69. The van der Waals surface area contributed by atoms with Gasteiger partial charge in [-0.25, -0.2) is 0 Å². The van der Waals surface area contributed by atoms with Crippen LogP contribution in [0.1, 0.15) is 5.56 Å². The van der Waals surface area contributed by atoms with Gasteiger partial charge >= 0.3 is 0 Å². The normalized spacial score (nSPS) is 15.6. The SMILES string of the molecule is O=c1[nH]c2ccccc2c(-c2ccc(Cl)cc2)c1CN1CCOCC1. The Labute approximate surface area is 151 Å². The number of pyridine rings is 1. The summed E-state index contributed by atoms with van der Waals surface area (Å²) in [6.45, 7) is 3.71. The predicted octanol–water partition coefficient (Wildman–Crippen LogP) is 3.68. The summed E-state index contributed by atoms with van der Waals surface area (Å²) in [6.07, 6.45) is 0. The highest BCUT2D eigenvalue weighted by Gasteiger charge is 2.18. The van der Waals surface area contributed by atoms with Crippen molar-refractivity contribution < 1.29 is 4.74 Å². The Kier molecular flexibility index (Phi) is 4.57. The summed E-state index contributed by atoms with van der Waals surface area (Å²) in [4.78, 5) is 18.1. The van der Waals surface area contributed by atoms with E-state index in [0.29, 0.717) is 24.8 Å². The third-order valence-electron chi connectivity index (χ3n) is 4.64. The molecule has 0 bridgehead atoms. The zero-order valence-corrected chi connectivity index (χ0v) is 14.6. The first kappa shape index (κ1) is 16.3. The number of fused-ring (bicyclic) bond motifs is 1. The van der Waals surface area contributed by atoms with Gasteiger partial charge in [-0.15, -0.1) is 0 Å². The highest BCUT2D eigenvalue weighted by atomic mass is 35.5. The van der Waals surface area contributed by atoms with E-state index >= 15 is 0 Å². The first-order chi connectivity index (χ1) is 12.2. The topological polar surface area (TPSA) is 45.3 Å². The van der Waals surface area contributed by atoms with Gasteiger partial charge in [-0.3, -0.25) is 9.69 Å². The molecule has 1 N–H and O–H groups in total. The lowest BCUT2D eigenvalue weighted by atomic mass is 9.96. The molecule has 0 radical (unpaired) electrons. The van der Waals surface area contributed by atoms with Gasteiger partial charge in [0, 0.05) is 46.7 Å². The lowest BCUT2D eigenvalue weighted by molar-refractivity contribution is 0.0341. The highest BCUT2D eigenvalue weighted by molar-refractivity contribution is 6.30. The average molecular weight is 355 g/mol. The number of benzene rings is 2. The fourth-order valence-electron chi connectivity index (χ4n) is 3.36. The van der Waals surface area contributed by atoms with Crippen molar-refractivity contribution in [3.05, 3.63) is 69.5 Å². The number of nitrogens with zero attached hydrogens (tertiary/aromatic N) is 1. The number of nitrogens with one attached hydrogen (secondary N) is 1. The summed E-state index contributed by atoms with van der Waals surface area (Å²) in [7, 11) is 0. The van der Waals surface area contributed by atoms with Crippen LogP contribution in [0, 0.1) is 0 Å². The van der Waals surface area contributed by atoms with Gasteiger partial charge in [0.1, 0.15) is 0 Å². The second kappa shape index (κ2) is 7.00. The summed E-state index contributed by atoms with van der Waals surface area (Å²) in [5.74, 6) is 0. The van der Waals surface area contributed by atoms with E-state index in [1.807, 2.05) is 42.5 Å². The number of hydrogen-bond acceptors (Lipinski definition) is 3. The maximum atomic E-state index is 12.8. The molecule has 1 aromatic heterocycles. The average Bonchev–Trinajstić information content (AvgIpc) is 2.64. The molecule has 2 heterocycles. The monoisotopic (exact) mass is 354 g/mol. The molecule has 0 spiro atoms. The number of para-hydroxylation sites is 1. The van der Waals surface area contributed by atoms with Crippen molar-refractivity contribution in [1.29, 1.82) is 0 Å². The van der Waals surface area contributed by atoms with Gasteiger partial charge in [0.15, 0.2) is 0 Å². The minimum Gasteiger partial charge on any atom is -0.379 e. The first-order valence-corrected chi connectivity index (χ1v) is 8.80. The Bertz CT molecular complexity index is 944. The molecule has 1 fully saturated rings. The molecule has 0 atom stereocenters. The van der Waals surface area contributed by atoms with Crippen LogP contribution >= 0.6 is 11.6 Å². The number of hydrogen-bond donors (Lipinski definition) is 1. The number of ether oxygens (including phenoxy) is 1. The van der Waals surface area contributed by atoms with Crippen LogP contribution in [0.15, 0.2) is 53.3 Å². The highest BCUT2D eigenvalue weighted by Crippen LogP contribution is 2.31. The summed E-state index contributed by atoms with van der Waals surface area (Å²) in [5.41, 5.74) is 3.61. The van der Waals surface area contributed by atoms with E-state index in [1.54, 1.807) is 0 Å². The maximum Gasteiger partial charge on any atom is 0.253 e. The van der Waals surface area contributed by atoms with Crippen LogP contribution in [0.3, 0.4) is 0 Å². The smallest absolute Gasteiger partial charge is 0.253 e. The van der Waals surface area contributed by atoms with Gasteiger partial charge in [0.25, 0.3) is 5.56 Å². The number of aromatic nitrogens is 1. The summed E-state index contributed by atoms with van der Waals surface area (Å²) < 4.78 is 5.42. The molecule has 2 aromatic carbocycles. The number of halogens is 1. The Balaban J connectivity index is 1.90. The summed E-state index contributed by atoms with van der Waals surface area (Å²) >= 11 is 6.05. The lowest BCUT2D eigenvalue weighted by Gasteiger charge is -2.27. The quantitative estimate of drug-likeness (QED) is 0.780. The molecule has 4 rings (SSSR count). The van der Waals surface area contributed by atoms with E-state index < -0.39 is 0 Å². The molecule has 0 amide bonds. The largest absolute Gasteiger partial charge is 0.379 e. The molecular weight excluding hydrogens is 336 g/mol. The molecule has 3 aromatic rings. The van der Waals surface area contributed by atoms with E-state index in [9.17, 15) is 4.79 Å². The van der Waals surface area contributed by atoms with Crippen LogP contribution in [0.4, 0.5) is 0 Å². The van der Waals surface area contributed by atoms with E-state index in [-0.39, 0.29) is 5.56 Å². The van der Waals surface area contributed by atoms with Gasteiger partial charge in [-0.1, -0.05) is 41.9 Å². The van der Waals surface area contributed by atoms with Gasteiger partial charge in [0.05, 0.1) is 13.2 Å². The van der Waals surface area contributed by atoms with E-state index in [1.165, 1.54) is 0 Å². The molecule has 0 unspecified atom stereocenters. The molecule has 5 heteroatoms. The van der Waals surface area contributed by atoms with Crippen molar-refractivity contribution >= 4 is 22.5 Å². The summed E-state index contributed by atoms with van der Waals surface area (Å²) in [5, 5.41) is 1.74. The van der Waals surface area contributed by atoms with Crippen molar-refractivity contribution in [2.75, 3.05) is 26.3 Å². The van der Waals surface area contributed by atoms with Crippen LogP contribution < -0.4 is 5.56 Å². The number of morpholine rings is 1. The van der Waals surface area contributed by atoms with Gasteiger partial charge < -0.3 is 9.72 Å². The maximum absolute atomic E-state index is 12.8. The van der Waals surface area contributed by atoms with Crippen LogP contribution in [-0.4, -0.2) is 36.2 Å². The number of aromatic amines is 1. The van der Waals surface area contributed by atoms with Crippen LogP contribution in [0.2, 0.25) is 5.02 Å². The molecule has 0 saturated carbocycles. The third kappa shape index (κ3) is 3.33. The molecule has 0 aliphatic carbocycles. The number of H-pyrrole nitrogens is 1. The van der Waals surface area contributed by atoms with Crippen molar-refractivity contribution in [2.45, 2.75) is 6.54 Å². The van der Waals surface area contributed by atoms with Crippen molar-refractivity contribution in [3.63, 3.8) is 0 Å². The van der Waals surface area contributed by atoms with Crippen LogP contribution in [0.25, 0.3) is 22.0 Å². The van der Waals surface area contributed by atoms with E-state index in [2.05, 4.69) is 16.0 Å². The fraction of sp³-hybridized carbons (Fsp3) is 0.250. The van der Waals surface area contributed by atoms with Gasteiger partial charge in [-0.2, -0.15) is 0 Å². The Morgan fingerprint density at radius 2 is 1.76 bits per heavy atom. The Morgan fingerprint density at radius 3 is 2.52 bits per heavy atom. The molecule has 25 heavy (non-hydrogen) atoms. The van der Waals surface area contributed by atoms with E-state index in [0.717, 1.165) is 40.7 Å². The van der Waals surface area contributed by atoms with Crippen LogP contribution in [0.5, 0.6) is 0 Å². The second-order valence-electron chi connectivity index (χ2n) is 6.25. The molecule has 1 aliphatic rings. The molecular formula is C20H19ClN2O2. The van der Waals surface area contributed by atoms with Crippen molar-refractivity contribution in [3.8, 4) is 11.1 Å². The van der Waals surface area contributed by atoms with Crippen molar-refractivity contribution in [1.82, 2.24) is 9.88 Å². The minimum absolute atomic E-state index is 0.0323. The Hall–Kier alpha value is -2.14. The third-order valence-corrected chi connectivity index (χ3v) is 4.89.